The summed E-state index contributed by atoms with van der Waals surface area (Å²) in [6, 6.07) is 10.6. The van der Waals surface area contributed by atoms with E-state index in [2.05, 4.69) is 68.2 Å². The molecule has 0 aromatic heterocycles. The Bertz CT molecular complexity index is 469. The minimum absolute atomic E-state index is 0. The Hall–Kier alpha value is 0.171. The van der Waals surface area contributed by atoms with E-state index in [1.54, 1.807) is 0 Å². The summed E-state index contributed by atoms with van der Waals surface area (Å²) < 4.78 is 6.36. The molecule has 0 bridgehead atoms. The van der Waals surface area contributed by atoms with Crippen LogP contribution in [0.3, 0.4) is 0 Å². The van der Waals surface area contributed by atoms with Crippen molar-refractivity contribution in [2.45, 2.75) is 45.0 Å². The Labute approximate surface area is 163 Å². The van der Waals surface area contributed by atoms with Crippen molar-refractivity contribution >= 4 is 8.32 Å². The van der Waals surface area contributed by atoms with E-state index in [1.807, 2.05) is 0 Å². The standard InChI is InChI=1S/C17H23OSi.2ClH.Ti/c1-19(2,3)18-17(16-11-5-4-6-12-16)14-13-15-9-7-8-10-15;;;/h4-7,9,11-12,17H,8,13-14H2,1-3H3;2*1H;/q-1;;;+3/p-2. The van der Waals surface area contributed by atoms with E-state index >= 15 is 0 Å². The maximum absolute atomic E-state index is 6.36. The largest absolute Gasteiger partial charge is 3.00 e. The van der Waals surface area contributed by atoms with E-state index < -0.39 is 8.32 Å². The van der Waals surface area contributed by atoms with Gasteiger partial charge in [-0.05, 0) is 31.6 Å². The number of benzene rings is 1. The predicted molar refractivity (Wildman–Crippen MR) is 83.4 cm³/mol. The minimum atomic E-state index is -1.53. The van der Waals surface area contributed by atoms with Crippen molar-refractivity contribution in [3.8, 4) is 0 Å². The second-order valence-electron chi connectivity index (χ2n) is 5.98. The van der Waals surface area contributed by atoms with Crippen molar-refractivity contribution in [2.24, 2.45) is 0 Å². The van der Waals surface area contributed by atoms with Crippen molar-refractivity contribution in [1.82, 2.24) is 0 Å². The van der Waals surface area contributed by atoms with E-state index in [-0.39, 0.29) is 52.6 Å². The Morgan fingerprint density at radius 1 is 1.14 bits per heavy atom. The van der Waals surface area contributed by atoms with Gasteiger partial charge in [0.2, 0.25) is 0 Å². The van der Waals surface area contributed by atoms with E-state index in [9.17, 15) is 0 Å². The van der Waals surface area contributed by atoms with Gasteiger partial charge in [0.25, 0.3) is 0 Å². The number of halogens is 2. The number of hydrogen-bond acceptors (Lipinski definition) is 1. The molecule has 1 aliphatic rings. The minimum Gasteiger partial charge on any atom is -1.00 e. The molecule has 1 aliphatic carbocycles. The number of rotatable bonds is 6. The van der Waals surface area contributed by atoms with Crippen LogP contribution in [0.15, 0.2) is 48.1 Å². The number of hydrogen-bond donors (Lipinski definition) is 0. The summed E-state index contributed by atoms with van der Waals surface area (Å²) in [4.78, 5) is 0. The Morgan fingerprint density at radius 3 is 2.27 bits per heavy atom. The van der Waals surface area contributed by atoms with Crippen LogP contribution in [-0.4, -0.2) is 8.32 Å². The van der Waals surface area contributed by atoms with Gasteiger partial charge < -0.3 is 29.2 Å². The van der Waals surface area contributed by atoms with Crippen LogP contribution in [0.5, 0.6) is 0 Å². The van der Waals surface area contributed by atoms with Crippen molar-refractivity contribution in [3.63, 3.8) is 0 Å². The average molecular weight is 390 g/mol. The third-order valence-electron chi connectivity index (χ3n) is 3.11. The van der Waals surface area contributed by atoms with Gasteiger partial charge in [0.1, 0.15) is 0 Å². The quantitative estimate of drug-likeness (QED) is 0.450. The molecule has 1 unspecified atom stereocenters. The van der Waals surface area contributed by atoms with Crippen molar-refractivity contribution in [3.05, 3.63) is 59.7 Å². The van der Waals surface area contributed by atoms with Crippen LogP contribution in [0.1, 0.15) is 30.9 Å². The van der Waals surface area contributed by atoms with Gasteiger partial charge in [-0.3, -0.25) is 6.08 Å². The third kappa shape index (κ3) is 8.71. The molecule has 5 heteroatoms. The molecule has 2 rings (SSSR count). The SMILES string of the molecule is C[Si](C)(C)OC(CCC1=[C-]CC=C1)c1ccccc1.[Cl-].[Cl-].[Ti+3]. The summed E-state index contributed by atoms with van der Waals surface area (Å²) in [7, 11) is -1.53. The van der Waals surface area contributed by atoms with E-state index in [4.69, 9.17) is 4.43 Å². The van der Waals surface area contributed by atoms with Crippen molar-refractivity contribution < 1.29 is 51.0 Å². The van der Waals surface area contributed by atoms with Gasteiger partial charge in [0, 0.05) is 0 Å². The zero-order chi connectivity index (χ0) is 13.7. The van der Waals surface area contributed by atoms with E-state index in [0.29, 0.717) is 0 Å². The second kappa shape index (κ2) is 11.7. The summed E-state index contributed by atoms with van der Waals surface area (Å²) in [6.07, 6.45) is 11.0. The molecule has 0 aliphatic heterocycles. The molecule has 0 amide bonds. The van der Waals surface area contributed by atoms with Crippen LogP contribution < -0.4 is 24.8 Å². The molecular formula is C17H23Cl2OSiTi. The monoisotopic (exact) mass is 389 g/mol. The Kier molecular flexibility index (Phi) is 13.0. The summed E-state index contributed by atoms with van der Waals surface area (Å²) in [5.41, 5.74) is 2.63. The second-order valence-corrected chi connectivity index (χ2v) is 10.4. The first-order valence-corrected chi connectivity index (χ1v) is 10.4. The number of allylic oxidation sites excluding steroid dienone is 4. The first-order chi connectivity index (χ1) is 9.04. The van der Waals surface area contributed by atoms with Gasteiger partial charge in [0.15, 0.2) is 8.32 Å². The fourth-order valence-corrected chi connectivity index (χ4v) is 3.40. The maximum Gasteiger partial charge on any atom is 3.00 e. The summed E-state index contributed by atoms with van der Waals surface area (Å²) in [6.45, 7) is 6.76. The summed E-state index contributed by atoms with van der Waals surface area (Å²) >= 11 is 0. The van der Waals surface area contributed by atoms with Gasteiger partial charge in [-0.15, -0.1) is 6.42 Å². The van der Waals surface area contributed by atoms with Gasteiger partial charge in [-0.2, -0.15) is 6.08 Å². The van der Waals surface area contributed by atoms with E-state index in [0.717, 1.165) is 19.3 Å². The molecule has 0 saturated heterocycles. The van der Waals surface area contributed by atoms with Gasteiger partial charge >= 0.3 is 21.7 Å². The Morgan fingerprint density at radius 2 is 1.77 bits per heavy atom. The van der Waals surface area contributed by atoms with Crippen LogP contribution in [0.25, 0.3) is 0 Å². The zero-order valence-corrected chi connectivity index (χ0v) is 17.5. The molecule has 22 heavy (non-hydrogen) atoms. The zero-order valence-electron chi connectivity index (χ0n) is 13.4. The molecule has 0 spiro atoms. The van der Waals surface area contributed by atoms with Crippen molar-refractivity contribution in [1.29, 1.82) is 0 Å². The van der Waals surface area contributed by atoms with Crippen LogP contribution in [0, 0.1) is 6.08 Å². The van der Waals surface area contributed by atoms with Gasteiger partial charge in [-0.1, -0.05) is 36.8 Å². The molecule has 1 radical (unpaired) electrons. The van der Waals surface area contributed by atoms with E-state index in [1.165, 1.54) is 11.1 Å². The van der Waals surface area contributed by atoms with Gasteiger partial charge in [-0.25, -0.2) is 11.6 Å². The summed E-state index contributed by atoms with van der Waals surface area (Å²) in [5.74, 6) is 0. The molecule has 1 nitrogen and oxygen atoms in total. The molecule has 1 aromatic rings. The Balaban J connectivity index is 0. The topological polar surface area (TPSA) is 9.23 Å². The van der Waals surface area contributed by atoms with Crippen LogP contribution in [0.4, 0.5) is 0 Å². The predicted octanol–water partition coefficient (Wildman–Crippen LogP) is -0.946. The molecule has 119 valence electrons. The molecule has 1 atom stereocenters. The van der Waals surface area contributed by atoms with Crippen LogP contribution in [-0.2, 0) is 26.1 Å². The van der Waals surface area contributed by atoms with Crippen molar-refractivity contribution in [2.75, 3.05) is 0 Å². The summed E-state index contributed by atoms with van der Waals surface area (Å²) in [5, 5.41) is 0. The first-order valence-electron chi connectivity index (χ1n) is 7.03. The fraction of sp³-hybridized carbons (Fsp3) is 0.412. The molecule has 0 fully saturated rings. The molecule has 0 N–H and O–H groups in total. The maximum atomic E-state index is 6.36. The molecule has 1 aromatic carbocycles. The molecule has 0 heterocycles. The fourth-order valence-electron chi connectivity index (χ4n) is 2.30. The molecule has 0 saturated carbocycles. The first kappa shape index (κ1) is 24.4. The van der Waals surface area contributed by atoms with Gasteiger partial charge in [0.05, 0.1) is 6.10 Å². The van der Waals surface area contributed by atoms with Crippen LogP contribution in [0.2, 0.25) is 19.6 Å². The smallest absolute Gasteiger partial charge is 1.00 e. The molecular weight excluding hydrogens is 367 g/mol. The average Bonchev–Trinajstić information content (AvgIpc) is 2.87. The van der Waals surface area contributed by atoms with Crippen LogP contribution >= 0.6 is 0 Å². The third-order valence-corrected chi connectivity index (χ3v) is 4.10. The normalized spacial score (nSPS) is 14.2.